The minimum Gasteiger partial charge on any atom is -0.333 e. The molecule has 0 radical (unpaired) electrons. The fourth-order valence-corrected chi connectivity index (χ4v) is 1.73. The van der Waals surface area contributed by atoms with E-state index in [1.165, 1.54) is 0 Å². The van der Waals surface area contributed by atoms with E-state index in [2.05, 4.69) is 15.6 Å². The zero-order chi connectivity index (χ0) is 13.2. The first kappa shape index (κ1) is 12.4. The van der Waals surface area contributed by atoms with E-state index in [0.29, 0.717) is 0 Å². The van der Waals surface area contributed by atoms with Gasteiger partial charge in [-0.05, 0) is 32.9 Å². The number of aromatic nitrogens is 1. The summed E-state index contributed by atoms with van der Waals surface area (Å²) in [4.78, 5) is 15.9. The van der Waals surface area contributed by atoms with Crippen molar-refractivity contribution in [2.45, 2.75) is 26.3 Å². The van der Waals surface area contributed by atoms with E-state index >= 15 is 0 Å². The number of carbonyl (C=O) groups is 1. The summed E-state index contributed by atoms with van der Waals surface area (Å²) in [5, 5.41) is 7.72. The number of hydrogen-bond acceptors (Lipinski definition) is 2. The molecule has 4 heteroatoms. The number of carbonyl (C=O) groups excluding carboxylic acids is 1. The second kappa shape index (κ2) is 4.64. The molecule has 18 heavy (non-hydrogen) atoms. The maximum Gasteiger partial charge on any atom is 0.319 e. The zero-order valence-electron chi connectivity index (χ0n) is 10.8. The van der Waals surface area contributed by atoms with Crippen LogP contribution in [0.5, 0.6) is 0 Å². The molecule has 1 heterocycles. The summed E-state index contributed by atoms with van der Waals surface area (Å²) in [6.07, 6.45) is 3.50. The highest BCUT2D eigenvalue weighted by molar-refractivity contribution is 6.01. The fraction of sp³-hybridized carbons (Fsp3) is 0.286. The van der Waals surface area contributed by atoms with Crippen molar-refractivity contribution in [2.75, 3.05) is 5.32 Å². The van der Waals surface area contributed by atoms with Crippen LogP contribution in [0.4, 0.5) is 10.5 Å². The highest BCUT2D eigenvalue weighted by atomic mass is 16.2. The van der Waals surface area contributed by atoms with Crippen molar-refractivity contribution in [3.8, 4) is 0 Å². The Bertz CT molecular complexity index is 567. The lowest BCUT2D eigenvalue weighted by Crippen LogP contribution is -2.43. The first-order valence-corrected chi connectivity index (χ1v) is 5.88. The first-order valence-electron chi connectivity index (χ1n) is 5.88. The summed E-state index contributed by atoms with van der Waals surface area (Å²) < 4.78 is 0. The van der Waals surface area contributed by atoms with E-state index in [-0.39, 0.29) is 11.6 Å². The smallest absolute Gasteiger partial charge is 0.319 e. The van der Waals surface area contributed by atoms with Gasteiger partial charge in [-0.3, -0.25) is 4.98 Å². The molecule has 0 unspecified atom stereocenters. The van der Waals surface area contributed by atoms with Crippen molar-refractivity contribution < 1.29 is 4.79 Å². The van der Waals surface area contributed by atoms with Gasteiger partial charge >= 0.3 is 6.03 Å². The number of nitrogens with one attached hydrogen (secondary N) is 2. The lowest BCUT2D eigenvalue weighted by atomic mass is 10.1. The number of rotatable bonds is 1. The highest BCUT2D eigenvalue weighted by Gasteiger charge is 2.14. The molecule has 2 amide bonds. The van der Waals surface area contributed by atoms with Gasteiger partial charge in [0.25, 0.3) is 0 Å². The second-order valence-corrected chi connectivity index (χ2v) is 5.23. The Hall–Kier alpha value is -2.10. The van der Waals surface area contributed by atoms with Crippen LogP contribution < -0.4 is 10.6 Å². The van der Waals surface area contributed by atoms with Crippen molar-refractivity contribution in [2.24, 2.45) is 0 Å². The lowest BCUT2D eigenvalue weighted by Gasteiger charge is -2.21. The molecule has 0 saturated heterocycles. The Balaban J connectivity index is 2.24. The molecule has 94 valence electrons. The van der Waals surface area contributed by atoms with Crippen molar-refractivity contribution in [3.05, 3.63) is 36.7 Å². The molecule has 2 N–H and O–H groups in total. The van der Waals surface area contributed by atoms with Crippen molar-refractivity contribution in [1.29, 1.82) is 0 Å². The van der Waals surface area contributed by atoms with Gasteiger partial charge in [0.15, 0.2) is 0 Å². The van der Waals surface area contributed by atoms with Crippen LogP contribution in [0, 0.1) is 0 Å². The van der Waals surface area contributed by atoms with Gasteiger partial charge in [-0.2, -0.15) is 0 Å². The second-order valence-electron chi connectivity index (χ2n) is 5.23. The molecule has 0 atom stereocenters. The van der Waals surface area contributed by atoms with Gasteiger partial charge in [-0.25, -0.2) is 4.79 Å². The molecule has 0 fully saturated rings. The van der Waals surface area contributed by atoms with Crippen LogP contribution in [0.2, 0.25) is 0 Å². The molecule has 0 aliphatic rings. The Morgan fingerprint density at radius 3 is 2.72 bits per heavy atom. The molecular weight excluding hydrogens is 226 g/mol. The summed E-state index contributed by atoms with van der Waals surface area (Å²) in [6, 6.07) is 7.44. The number of pyridine rings is 1. The van der Waals surface area contributed by atoms with Gasteiger partial charge in [0.05, 0.1) is 5.69 Å². The molecule has 4 nitrogen and oxygen atoms in total. The van der Waals surface area contributed by atoms with Crippen molar-refractivity contribution in [3.63, 3.8) is 0 Å². The molecule has 2 rings (SSSR count). The number of anilines is 1. The maximum atomic E-state index is 11.8. The molecular formula is C14H17N3O. The van der Waals surface area contributed by atoms with Gasteiger partial charge in [0.1, 0.15) is 0 Å². The Morgan fingerprint density at radius 2 is 2.00 bits per heavy atom. The minimum atomic E-state index is -0.254. The van der Waals surface area contributed by atoms with Gasteiger partial charge in [0, 0.05) is 28.7 Å². The monoisotopic (exact) mass is 243 g/mol. The number of hydrogen-bond donors (Lipinski definition) is 2. The molecule has 0 saturated carbocycles. The summed E-state index contributed by atoms with van der Waals surface area (Å²) >= 11 is 0. The van der Waals surface area contributed by atoms with Crippen LogP contribution in [0.15, 0.2) is 36.7 Å². The van der Waals surface area contributed by atoms with Crippen LogP contribution in [0.1, 0.15) is 20.8 Å². The van der Waals surface area contributed by atoms with Crippen LogP contribution in [-0.4, -0.2) is 16.6 Å². The quantitative estimate of drug-likeness (QED) is 0.808. The van der Waals surface area contributed by atoms with E-state index in [1.807, 2.05) is 45.0 Å². The highest BCUT2D eigenvalue weighted by Crippen LogP contribution is 2.22. The topological polar surface area (TPSA) is 54.0 Å². The summed E-state index contributed by atoms with van der Waals surface area (Å²) in [5.74, 6) is 0. The molecule has 0 aliphatic carbocycles. The lowest BCUT2D eigenvalue weighted by molar-refractivity contribution is 0.244. The van der Waals surface area contributed by atoms with Crippen LogP contribution in [0.25, 0.3) is 10.8 Å². The van der Waals surface area contributed by atoms with Crippen LogP contribution in [0.3, 0.4) is 0 Å². The molecule has 1 aromatic heterocycles. The van der Waals surface area contributed by atoms with Gasteiger partial charge in [0.2, 0.25) is 0 Å². The fourth-order valence-electron chi connectivity index (χ4n) is 1.73. The predicted octanol–water partition coefficient (Wildman–Crippen LogP) is 3.15. The SMILES string of the molecule is CC(C)(C)NC(=O)Nc1cccc2cnccc12. The van der Waals surface area contributed by atoms with E-state index in [9.17, 15) is 4.79 Å². The largest absolute Gasteiger partial charge is 0.333 e. The summed E-state index contributed by atoms with van der Waals surface area (Å²) in [6.45, 7) is 5.83. The molecule has 2 aromatic rings. The zero-order valence-corrected chi connectivity index (χ0v) is 10.8. The first-order chi connectivity index (χ1) is 8.46. The van der Waals surface area contributed by atoms with E-state index < -0.39 is 0 Å². The van der Waals surface area contributed by atoms with E-state index in [0.717, 1.165) is 16.5 Å². The third-order valence-electron chi connectivity index (χ3n) is 2.42. The molecule has 1 aromatic carbocycles. The normalized spacial score (nSPS) is 11.3. The number of benzene rings is 1. The molecule has 0 aliphatic heterocycles. The van der Waals surface area contributed by atoms with E-state index in [4.69, 9.17) is 0 Å². The summed E-state index contributed by atoms with van der Waals surface area (Å²) in [7, 11) is 0. The van der Waals surface area contributed by atoms with E-state index in [1.54, 1.807) is 12.4 Å². The third-order valence-corrected chi connectivity index (χ3v) is 2.42. The minimum absolute atomic E-state index is 0.202. The Morgan fingerprint density at radius 1 is 1.22 bits per heavy atom. The van der Waals surface area contributed by atoms with Crippen molar-refractivity contribution >= 4 is 22.5 Å². The predicted molar refractivity (Wildman–Crippen MR) is 73.7 cm³/mol. The van der Waals surface area contributed by atoms with Gasteiger partial charge in [-0.15, -0.1) is 0 Å². The number of urea groups is 1. The van der Waals surface area contributed by atoms with Crippen molar-refractivity contribution in [1.82, 2.24) is 10.3 Å². The van der Waals surface area contributed by atoms with Crippen LogP contribution >= 0.6 is 0 Å². The number of amides is 2. The average molecular weight is 243 g/mol. The average Bonchev–Trinajstić information content (AvgIpc) is 2.27. The Labute approximate surface area is 106 Å². The Kier molecular flexibility index (Phi) is 3.19. The number of nitrogens with zero attached hydrogens (tertiary/aromatic N) is 1. The third kappa shape index (κ3) is 2.97. The number of fused-ring (bicyclic) bond motifs is 1. The molecule has 0 bridgehead atoms. The standard InChI is InChI=1S/C14H17N3O/c1-14(2,3)17-13(18)16-12-6-4-5-10-9-15-8-7-11(10)12/h4-9H,1-3H3,(H2,16,17,18). The van der Waals surface area contributed by atoms with Crippen LogP contribution in [-0.2, 0) is 0 Å². The maximum absolute atomic E-state index is 11.8. The molecule has 0 spiro atoms. The summed E-state index contributed by atoms with van der Waals surface area (Å²) in [5.41, 5.74) is 0.535. The van der Waals surface area contributed by atoms with Gasteiger partial charge in [-0.1, -0.05) is 12.1 Å². The van der Waals surface area contributed by atoms with Gasteiger partial charge < -0.3 is 10.6 Å².